The third-order valence-corrected chi connectivity index (χ3v) is 1.83. The van der Waals surface area contributed by atoms with E-state index in [0.717, 1.165) is 25.0 Å². The van der Waals surface area contributed by atoms with Gasteiger partial charge in [-0.25, -0.2) is 0 Å². The van der Waals surface area contributed by atoms with E-state index >= 15 is 0 Å². The minimum absolute atomic E-state index is 0.844. The number of rotatable bonds is 2. The van der Waals surface area contributed by atoms with Crippen LogP contribution in [0, 0.1) is 11.8 Å². The molecular weight excluding hydrogens is 112 g/mol. The number of hydrogen-bond acceptors (Lipinski definition) is 1. The summed E-state index contributed by atoms with van der Waals surface area (Å²) in [5, 5.41) is 0. The maximum absolute atomic E-state index is 5.26. The van der Waals surface area contributed by atoms with Gasteiger partial charge < -0.3 is 4.74 Å². The van der Waals surface area contributed by atoms with Gasteiger partial charge in [-0.1, -0.05) is 13.8 Å². The first kappa shape index (κ1) is 7.07. The summed E-state index contributed by atoms with van der Waals surface area (Å²) in [5.74, 6) is 1.71. The fourth-order valence-electron chi connectivity index (χ4n) is 1.44. The summed E-state index contributed by atoms with van der Waals surface area (Å²) >= 11 is 0. The van der Waals surface area contributed by atoms with Crippen LogP contribution >= 0.6 is 0 Å². The zero-order valence-electron chi connectivity index (χ0n) is 6.39. The Morgan fingerprint density at radius 3 is 2.78 bits per heavy atom. The minimum atomic E-state index is 0.844. The maximum Gasteiger partial charge on any atom is 0.0495 e. The number of ether oxygens (including phenoxy) is 1. The van der Waals surface area contributed by atoms with Crippen LogP contribution in [-0.4, -0.2) is 13.2 Å². The Labute approximate surface area is 57.4 Å². The van der Waals surface area contributed by atoms with E-state index in [1.54, 1.807) is 0 Å². The van der Waals surface area contributed by atoms with E-state index in [4.69, 9.17) is 4.74 Å². The molecule has 0 aliphatic carbocycles. The lowest BCUT2D eigenvalue weighted by atomic mass is 9.97. The van der Waals surface area contributed by atoms with Crippen molar-refractivity contribution in [2.45, 2.75) is 26.7 Å². The van der Waals surface area contributed by atoms with Gasteiger partial charge in [-0.3, -0.25) is 0 Å². The van der Waals surface area contributed by atoms with Crippen LogP contribution in [0.25, 0.3) is 0 Å². The first-order valence-corrected chi connectivity index (χ1v) is 3.87. The highest BCUT2D eigenvalue weighted by atomic mass is 16.5. The second-order valence-electron chi connectivity index (χ2n) is 3.36. The van der Waals surface area contributed by atoms with E-state index in [0.29, 0.717) is 0 Å². The van der Waals surface area contributed by atoms with Crippen molar-refractivity contribution in [2.24, 2.45) is 11.8 Å². The Morgan fingerprint density at radius 2 is 2.33 bits per heavy atom. The molecule has 1 aliphatic heterocycles. The highest BCUT2D eigenvalue weighted by molar-refractivity contribution is 4.65. The van der Waals surface area contributed by atoms with Gasteiger partial charge in [0.2, 0.25) is 0 Å². The van der Waals surface area contributed by atoms with Crippen LogP contribution in [0.15, 0.2) is 0 Å². The second-order valence-corrected chi connectivity index (χ2v) is 3.36. The van der Waals surface area contributed by atoms with Crippen LogP contribution in [-0.2, 0) is 4.74 Å². The Morgan fingerprint density at radius 1 is 1.56 bits per heavy atom. The largest absolute Gasteiger partial charge is 0.381 e. The van der Waals surface area contributed by atoms with E-state index in [-0.39, 0.29) is 0 Å². The maximum atomic E-state index is 5.26. The first-order chi connectivity index (χ1) is 4.29. The SMILES string of the molecule is CC(C)CC1CCOC1. The minimum Gasteiger partial charge on any atom is -0.381 e. The molecule has 0 N–H and O–H groups in total. The van der Waals surface area contributed by atoms with E-state index in [1.165, 1.54) is 12.8 Å². The lowest BCUT2D eigenvalue weighted by Crippen LogP contribution is -2.02. The van der Waals surface area contributed by atoms with Crippen molar-refractivity contribution >= 4 is 0 Å². The molecule has 1 heteroatoms. The highest BCUT2D eigenvalue weighted by Gasteiger charge is 2.15. The molecule has 1 fully saturated rings. The molecule has 0 bridgehead atoms. The van der Waals surface area contributed by atoms with Gasteiger partial charge in [0.1, 0.15) is 0 Å². The van der Waals surface area contributed by atoms with Crippen LogP contribution in [0.1, 0.15) is 26.7 Å². The summed E-state index contributed by atoms with van der Waals surface area (Å²) in [6.07, 6.45) is 2.64. The zero-order chi connectivity index (χ0) is 6.69. The molecule has 1 atom stereocenters. The van der Waals surface area contributed by atoms with E-state index in [9.17, 15) is 0 Å². The van der Waals surface area contributed by atoms with Gasteiger partial charge in [-0.15, -0.1) is 0 Å². The molecule has 0 aromatic rings. The summed E-state index contributed by atoms with van der Waals surface area (Å²) < 4.78 is 5.26. The van der Waals surface area contributed by atoms with Crippen molar-refractivity contribution in [3.63, 3.8) is 0 Å². The molecule has 0 spiro atoms. The van der Waals surface area contributed by atoms with Crippen molar-refractivity contribution in [1.82, 2.24) is 0 Å². The zero-order valence-corrected chi connectivity index (χ0v) is 6.39. The Hall–Kier alpha value is -0.0400. The van der Waals surface area contributed by atoms with Gasteiger partial charge in [0.05, 0.1) is 0 Å². The normalized spacial score (nSPS) is 27.7. The van der Waals surface area contributed by atoms with Crippen LogP contribution in [0.4, 0.5) is 0 Å². The Balaban J connectivity index is 2.11. The van der Waals surface area contributed by atoms with Crippen LogP contribution < -0.4 is 0 Å². The van der Waals surface area contributed by atoms with E-state index < -0.39 is 0 Å². The predicted molar refractivity (Wildman–Crippen MR) is 38.4 cm³/mol. The fraction of sp³-hybridized carbons (Fsp3) is 1.00. The quantitative estimate of drug-likeness (QED) is 0.553. The second kappa shape index (κ2) is 3.21. The lowest BCUT2D eigenvalue weighted by Gasteiger charge is -2.08. The molecule has 0 amide bonds. The molecule has 0 radical (unpaired) electrons. The molecule has 1 rings (SSSR count). The third-order valence-electron chi connectivity index (χ3n) is 1.83. The molecule has 0 aromatic carbocycles. The molecule has 0 saturated carbocycles. The Kier molecular flexibility index (Phi) is 2.52. The fourth-order valence-corrected chi connectivity index (χ4v) is 1.44. The predicted octanol–water partition coefficient (Wildman–Crippen LogP) is 2.07. The van der Waals surface area contributed by atoms with Crippen molar-refractivity contribution in [1.29, 1.82) is 0 Å². The highest BCUT2D eigenvalue weighted by Crippen LogP contribution is 2.20. The van der Waals surface area contributed by atoms with Crippen molar-refractivity contribution in [2.75, 3.05) is 13.2 Å². The van der Waals surface area contributed by atoms with Crippen molar-refractivity contribution < 1.29 is 4.74 Å². The summed E-state index contributed by atoms with van der Waals surface area (Å²) in [5.41, 5.74) is 0. The smallest absolute Gasteiger partial charge is 0.0495 e. The van der Waals surface area contributed by atoms with Crippen LogP contribution in [0.2, 0.25) is 0 Å². The molecule has 1 nitrogen and oxygen atoms in total. The topological polar surface area (TPSA) is 9.23 Å². The summed E-state index contributed by atoms with van der Waals surface area (Å²) in [4.78, 5) is 0. The van der Waals surface area contributed by atoms with Crippen LogP contribution in [0.3, 0.4) is 0 Å². The third kappa shape index (κ3) is 2.35. The average molecular weight is 128 g/mol. The molecule has 1 saturated heterocycles. The van der Waals surface area contributed by atoms with E-state index in [2.05, 4.69) is 13.8 Å². The molecule has 1 aliphatic rings. The molecule has 9 heavy (non-hydrogen) atoms. The number of hydrogen-bond donors (Lipinski definition) is 0. The summed E-state index contributed by atoms with van der Waals surface area (Å²) in [6.45, 7) is 6.56. The van der Waals surface area contributed by atoms with Gasteiger partial charge >= 0.3 is 0 Å². The molecular formula is C8H16O. The Bertz CT molecular complexity index is 72.6. The molecule has 1 heterocycles. The van der Waals surface area contributed by atoms with Gasteiger partial charge in [-0.2, -0.15) is 0 Å². The monoisotopic (exact) mass is 128 g/mol. The van der Waals surface area contributed by atoms with Crippen molar-refractivity contribution in [3.05, 3.63) is 0 Å². The van der Waals surface area contributed by atoms with Crippen LogP contribution in [0.5, 0.6) is 0 Å². The van der Waals surface area contributed by atoms with E-state index in [1.807, 2.05) is 0 Å². The molecule has 1 unspecified atom stereocenters. The van der Waals surface area contributed by atoms with Crippen molar-refractivity contribution in [3.8, 4) is 0 Å². The average Bonchev–Trinajstić information content (AvgIpc) is 2.15. The van der Waals surface area contributed by atoms with Gasteiger partial charge in [0.25, 0.3) is 0 Å². The van der Waals surface area contributed by atoms with Gasteiger partial charge in [-0.05, 0) is 24.7 Å². The van der Waals surface area contributed by atoms with Gasteiger partial charge in [0.15, 0.2) is 0 Å². The summed E-state index contributed by atoms with van der Waals surface area (Å²) in [7, 11) is 0. The summed E-state index contributed by atoms with van der Waals surface area (Å²) in [6, 6.07) is 0. The first-order valence-electron chi connectivity index (χ1n) is 3.87. The standard InChI is InChI=1S/C8H16O/c1-7(2)5-8-3-4-9-6-8/h7-8H,3-6H2,1-2H3. The van der Waals surface area contributed by atoms with Gasteiger partial charge in [0, 0.05) is 13.2 Å². The molecule has 54 valence electrons. The lowest BCUT2D eigenvalue weighted by molar-refractivity contribution is 0.181. The molecule has 0 aromatic heterocycles.